The molecule has 0 aliphatic carbocycles. The molecule has 21 heavy (non-hydrogen) atoms. The molecule has 0 aromatic heterocycles. The highest BCUT2D eigenvalue weighted by atomic mass is 32.2. The second-order valence-corrected chi connectivity index (χ2v) is 5.82. The maximum atomic E-state index is 12.4. The van der Waals surface area contributed by atoms with Crippen LogP contribution in [0.15, 0.2) is 47.4 Å². The highest BCUT2D eigenvalue weighted by Crippen LogP contribution is 2.29. The fraction of sp³-hybridized carbons (Fsp3) is 0.0714. The molecule has 0 saturated carbocycles. The quantitative estimate of drug-likeness (QED) is 0.840. The molecule has 0 aliphatic rings. The molecule has 6 nitrogen and oxygen atoms in total. The molecule has 0 heterocycles. The van der Waals surface area contributed by atoms with E-state index in [1.54, 1.807) is 24.3 Å². The minimum absolute atomic E-state index is 0.0628. The van der Waals surface area contributed by atoms with Crippen LogP contribution in [0.5, 0.6) is 5.75 Å². The summed E-state index contributed by atoms with van der Waals surface area (Å²) >= 11 is 0. The van der Waals surface area contributed by atoms with Crippen molar-refractivity contribution in [1.82, 2.24) is 0 Å². The molecule has 0 saturated heterocycles. The summed E-state index contributed by atoms with van der Waals surface area (Å²) in [6.45, 7) is 0. The Balaban J connectivity index is 2.48. The fourth-order valence-electron chi connectivity index (χ4n) is 1.80. The number of nitrogen functional groups attached to an aromatic ring is 1. The predicted octanol–water partition coefficient (Wildman–Crippen LogP) is 1.95. The fourth-order valence-corrected chi connectivity index (χ4v) is 3.02. The Bertz CT molecular complexity index is 810. The topological polar surface area (TPSA) is 105 Å². The first-order valence-corrected chi connectivity index (χ1v) is 7.41. The van der Waals surface area contributed by atoms with Crippen LogP contribution in [0, 0.1) is 11.3 Å². The normalized spacial score (nSPS) is 10.7. The molecule has 0 spiro atoms. The number of nitrogens with one attached hydrogen (secondary N) is 1. The van der Waals surface area contributed by atoms with Crippen molar-refractivity contribution in [1.29, 1.82) is 5.26 Å². The Morgan fingerprint density at radius 1 is 1.24 bits per heavy atom. The van der Waals surface area contributed by atoms with Gasteiger partial charge in [-0.25, -0.2) is 8.42 Å². The van der Waals surface area contributed by atoms with Gasteiger partial charge < -0.3 is 10.5 Å². The van der Waals surface area contributed by atoms with E-state index in [1.165, 1.54) is 25.3 Å². The van der Waals surface area contributed by atoms with Gasteiger partial charge in [0.25, 0.3) is 10.0 Å². The van der Waals surface area contributed by atoms with Crippen LogP contribution in [-0.4, -0.2) is 15.5 Å². The number of anilines is 2. The molecule has 7 heteroatoms. The molecule has 2 aromatic rings. The van der Waals surface area contributed by atoms with Crippen LogP contribution in [0.1, 0.15) is 5.56 Å². The van der Waals surface area contributed by atoms with Crippen LogP contribution in [0.4, 0.5) is 11.4 Å². The van der Waals surface area contributed by atoms with Crippen molar-refractivity contribution in [3.8, 4) is 11.8 Å². The zero-order valence-electron chi connectivity index (χ0n) is 11.2. The third-order valence-electron chi connectivity index (χ3n) is 2.76. The summed E-state index contributed by atoms with van der Waals surface area (Å²) in [6.07, 6.45) is 0. The van der Waals surface area contributed by atoms with Gasteiger partial charge in [-0.15, -0.1) is 0 Å². The maximum absolute atomic E-state index is 12.4. The molecule has 0 fully saturated rings. The number of hydrogen-bond acceptors (Lipinski definition) is 5. The Kier molecular flexibility index (Phi) is 4.00. The van der Waals surface area contributed by atoms with Gasteiger partial charge in [0.15, 0.2) is 0 Å². The number of methoxy groups -OCH3 is 1. The number of rotatable bonds is 4. The van der Waals surface area contributed by atoms with Gasteiger partial charge in [-0.1, -0.05) is 12.1 Å². The second-order valence-electron chi connectivity index (χ2n) is 4.17. The number of benzene rings is 2. The zero-order chi connectivity index (χ0) is 15.5. The van der Waals surface area contributed by atoms with Crippen LogP contribution in [0.3, 0.4) is 0 Å². The molecule has 0 bridgehead atoms. The summed E-state index contributed by atoms with van der Waals surface area (Å²) in [6, 6.07) is 12.4. The number of ether oxygens (including phenoxy) is 1. The number of sulfonamides is 1. The van der Waals surface area contributed by atoms with Crippen molar-refractivity contribution in [2.75, 3.05) is 17.6 Å². The van der Waals surface area contributed by atoms with Gasteiger partial charge in [-0.2, -0.15) is 5.26 Å². The summed E-state index contributed by atoms with van der Waals surface area (Å²) in [7, 11) is -2.49. The first kappa shape index (κ1) is 14.7. The number of hydrogen-bond donors (Lipinski definition) is 2. The molecular formula is C14H13N3O3S. The number of nitrogens with zero attached hydrogens (tertiary/aromatic N) is 1. The predicted molar refractivity (Wildman–Crippen MR) is 79.4 cm³/mol. The van der Waals surface area contributed by atoms with E-state index in [4.69, 9.17) is 15.7 Å². The van der Waals surface area contributed by atoms with Gasteiger partial charge in [0.05, 0.1) is 18.4 Å². The van der Waals surface area contributed by atoms with E-state index in [-0.39, 0.29) is 16.1 Å². The highest BCUT2D eigenvalue weighted by molar-refractivity contribution is 7.92. The first-order valence-electron chi connectivity index (χ1n) is 5.93. The highest BCUT2D eigenvalue weighted by Gasteiger charge is 2.20. The summed E-state index contributed by atoms with van der Waals surface area (Å²) < 4.78 is 32.3. The molecule has 3 N–H and O–H groups in total. The largest absolute Gasteiger partial charge is 0.495 e. The molecule has 0 unspecified atom stereocenters. The lowest BCUT2D eigenvalue weighted by Crippen LogP contribution is -2.15. The van der Waals surface area contributed by atoms with Crippen LogP contribution >= 0.6 is 0 Å². The minimum atomic E-state index is -3.91. The van der Waals surface area contributed by atoms with Gasteiger partial charge in [0, 0.05) is 5.69 Å². The van der Waals surface area contributed by atoms with Gasteiger partial charge in [-0.3, -0.25) is 4.72 Å². The minimum Gasteiger partial charge on any atom is -0.495 e. The van der Waals surface area contributed by atoms with Gasteiger partial charge in [0.1, 0.15) is 16.7 Å². The smallest absolute Gasteiger partial charge is 0.263 e. The van der Waals surface area contributed by atoms with Crippen LogP contribution in [-0.2, 0) is 10.0 Å². The van der Waals surface area contributed by atoms with E-state index in [0.29, 0.717) is 11.4 Å². The van der Waals surface area contributed by atoms with E-state index < -0.39 is 10.0 Å². The van der Waals surface area contributed by atoms with E-state index in [9.17, 15) is 8.42 Å². The SMILES string of the molecule is COc1ccc(N)cc1NS(=O)(=O)c1ccccc1C#N. The van der Waals surface area contributed by atoms with Crippen molar-refractivity contribution in [2.24, 2.45) is 0 Å². The van der Waals surface area contributed by atoms with Crippen molar-refractivity contribution >= 4 is 21.4 Å². The Morgan fingerprint density at radius 2 is 1.95 bits per heavy atom. The summed E-state index contributed by atoms with van der Waals surface area (Å²) in [4.78, 5) is -0.100. The molecule has 2 rings (SSSR count). The molecular weight excluding hydrogens is 290 g/mol. The standard InChI is InChI=1S/C14H13N3O3S/c1-20-13-7-6-11(16)8-12(13)17-21(18,19)14-5-3-2-4-10(14)9-15/h2-8,17H,16H2,1H3. The lowest BCUT2D eigenvalue weighted by Gasteiger charge is -2.13. The van der Waals surface area contributed by atoms with Crippen LogP contribution < -0.4 is 15.2 Å². The molecule has 108 valence electrons. The summed E-state index contributed by atoms with van der Waals surface area (Å²) in [5.41, 5.74) is 6.32. The Hall–Kier alpha value is -2.72. The third-order valence-corrected chi connectivity index (χ3v) is 4.19. The van der Waals surface area contributed by atoms with Crippen molar-refractivity contribution < 1.29 is 13.2 Å². The number of nitriles is 1. The van der Waals surface area contributed by atoms with Crippen molar-refractivity contribution in [2.45, 2.75) is 4.90 Å². The average Bonchev–Trinajstić information content (AvgIpc) is 2.47. The molecule has 0 atom stereocenters. The molecule has 0 aliphatic heterocycles. The Morgan fingerprint density at radius 3 is 2.62 bits per heavy atom. The van der Waals surface area contributed by atoms with Gasteiger partial charge >= 0.3 is 0 Å². The Labute approximate surface area is 122 Å². The zero-order valence-corrected chi connectivity index (χ0v) is 12.0. The average molecular weight is 303 g/mol. The number of nitrogens with two attached hydrogens (primary N) is 1. The van der Waals surface area contributed by atoms with Crippen LogP contribution in [0.2, 0.25) is 0 Å². The molecule has 0 amide bonds. The lowest BCUT2D eigenvalue weighted by atomic mass is 10.2. The van der Waals surface area contributed by atoms with Crippen LogP contribution in [0.25, 0.3) is 0 Å². The van der Waals surface area contributed by atoms with Gasteiger partial charge in [0.2, 0.25) is 0 Å². The van der Waals surface area contributed by atoms with E-state index in [2.05, 4.69) is 4.72 Å². The van der Waals surface area contributed by atoms with Gasteiger partial charge in [-0.05, 0) is 30.3 Å². The second kappa shape index (κ2) is 5.73. The monoisotopic (exact) mass is 303 g/mol. The van der Waals surface area contributed by atoms with E-state index in [1.807, 2.05) is 6.07 Å². The third kappa shape index (κ3) is 3.07. The van der Waals surface area contributed by atoms with E-state index in [0.717, 1.165) is 0 Å². The maximum Gasteiger partial charge on any atom is 0.263 e. The molecule has 0 radical (unpaired) electrons. The first-order chi connectivity index (χ1) is 9.97. The summed E-state index contributed by atoms with van der Waals surface area (Å²) in [5, 5.41) is 9.01. The lowest BCUT2D eigenvalue weighted by molar-refractivity contribution is 0.417. The van der Waals surface area contributed by atoms with Crippen molar-refractivity contribution in [3.63, 3.8) is 0 Å². The summed E-state index contributed by atoms with van der Waals surface area (Å²) in [5.74, 6) is 0.335. The van der Waals surface area contributed by atoms with Crippen molar-refractivity contribution in [3.05, 3.63) is 48.0 Å². The van der Waals surface area contributed by atoms with E-state index >= 15 is 0 Å². The molecule has 2 aromatic carbocycles.